The minimum atomic E-state index is -0.241. The predicted octanol–water partition coefficient (Wildman–Crippen LogP) is 3.01. The Morgan fingerprint density at radius 3 is 3.00 bits per heavy atom. The average Bonchev–Trinajstić information content (AvgIpc) is 2.99. The van der Waals surface area contributed by atoms with Crippen molar-refractivity contribution in [3.63, 3.8) is 0 Å². The Morgan fingerprint density at radius 1 is 1.50 bits per heavy atom. The van der Waals surface area contributed by atoms with Crippen molar-refractivity contribution in [1.82, 2.24) is 10.2 Å². The Kier molecular flexibility index (Phi) is 6.51. The number of hydrogen-bond acceptors (Lipinski definition) is 3. The molecule has 1 fully saturated rings. The summed E-state index contributed by atoms with van der Waals surface area (Å²) in [5, 5.41) is 2.89. The summed E-state index contributed by atoms with van der Waals surface area (Å²) in [5.41, 5.74) is 1.88. The van der Waals surface area contributed by atoms with Gasteiger partial charge in [0.15, 0.2) is 0 Å². The van der Waals surface area contributed by atoms with Crippen LogP contribution in [0.2, 0.25) is 0 Å². The SMILES string of the molecule is CSCc1cc(F)ccc1CNC(=O)N(C)C[C@@H]1CCCO1. The summed E-state index contributed by atoms with van der Waals surface area (Å²) in [5.74, 6) is 0.490. The van der Waals surface area contributed by atoms with Crippen molar-refractivity contribution in [3.8, 4) is 0 Å². The lowest BCUT2D eigenvalue weighted by atomic mass is 10.1. The van der Waals surface area contributed by atoms with Crippen LogP contribution in [0, 0.1) is 5.82 Å². The van der Waals surface area contributed by atoms with Crippen LogP contribution in [0.15, 0.2) is 18.2 Å². The number of nitrogens with one attached hydrogen (secondary N) is 1. The molecule has 1 aromatic carbocycles. The quantitative estimate of drug-likeness (QED) is 0.874. The Morgan fingerprint density at radius 2 is 2.32 bits per heavy atom. The van der Waals surface area contributed by atoms with Crippen LogP contribution in [0.5, 0.6) is 0 Å². The van der Waals surface area contributed by atoms with E-state index in [9.17, 15) is 9.18 Å². The van der Waals surface area contributed by atoms with Gasteiger partial charge in [0.05, 0.1) is 6.10 Å². The van der Waals surface area contributed by atoms with Gasteiger partial charge in [0.1, 0.15) is 5.82 Å². The Hall–Kier alpha value is -1.27. The van der Waals surface area contributed by atoms with Gasteiger partial charge in [-0.25, -0.2) is 9.18 Å². The number of ether oxygens (including phenoxy) is 1. The zero-order valence-electron chi connectivity index (χ0n) is 13.1. The van der Waals surface area contributed by atoms with Gasteiger partial charge in [-0.05, 0) is 42.4 Å². The third-order valence-corrected chi connectivity index (χ3v) is 4.35. The molecule has 0 bridgehead atoms. The smallest absolute Gasteiger partial charge is 0.317 e. The zero-order chi connectivity index (χ0) is 15.9. The molecule has 1 N–H and O–H groups in total. The maximum absolute atomic E-state index is 13.3. The van der Waals surface area contributed by atoms with E-state index in [1.807, 2.05) is 6.26 Å². The van der Waals surface area contributed by atoms with Gasteiger partial charge in [-0.3, -0.25) is 0 Å². The lowest BCUT2D eigenvalue weighted by Gasteiger charge is -2.21. The maximum atomic E-state index is 13.3. The van der Waals surface area contributed by atoms with Crippen LogP contribution in [-0.2, 0) is 17.0 Å². The van der Waals surface area contributed by atoms with Crippen molar-refractivity contribution in [2.24, 2.45) is 0 Å². The molecule has 4 nitrogen and oxygen atoms in total. The van der Waals surface area contributed by atoms with Crippen LogP contribution in [0.25, 0.3) is 0 Å². The van der Waals surface area contributed by atoms with Crippen molar-refractivity contribution in [2.45, 2.75) is 31.2 Å². The van der Waals surface area contributed by atoms with E-state index in [2.05, 4.69) is 5.32 Å². The molecule has 1 atom stereocenters. The number of halogens is 1. The van der Waals surface area contributed by atoms with Crippen molar-refractivity contribution in [3.05, 3.63) is 35.1 Å². The van der Waals surface area contributed by atoms with E-state index in [0.717, 1.165) is 36.3 Å². The van der Waals surface area contributed by atoms with Crippen molar-refractivity contribution in [1.29, 1.82) is 0 Å². The lowest BCUT2D eigenvalue weighted by Crippen LogP contribution is -2.40. The highest BCUT2D eigenvalue weighted by atomic mass is 32.2. The summed E-state index contributed by atoms with van der Waals surface area (Å²) < 4.78 is 18.8. The number of urea groups is 1. The molecule has 22 heavy (non-hydrogen) atoms. The number of carbonyl (C=O) groups excluding carboxylic acids is 1. The highest BCUT2D eigenvalue weighted by Gasteiger charge is 2.20. The number of benzene rings is 1. The van der Waals surface area contributed by atoms with Gasteiger partial charge >= 0.3 is 6.03 Å². The van der Waals surface area contributed by atoms with Gasteiger partial charge < -0.3 is 15.0 Å². The molecule has 0 aliphatic carbocycles. The molecule has 0 radical (unpaired) electrons. The summed E-state index contributed by atoms with van der Waals surface area (Å²) in [6.07, 6.45) is 4.19. The van der Waals surface area contributed by atoms with E-state index >= 15 is 0 Å². The van der Waals surface area contributed by atoms with E-state index in [0.29, 0.717) is 13.1 Å². The van der Waals surface area contributed by atoms with Gasteiger partial charge in [0.2, 0.25) is 0 Å². The second kappa shape index (κ2) is 8.39. The first-order chi connectivity index (χ1) is 10.6. The van der Waals surface area contributed by atoms with E-state index in [1.54, 1.807) is 29.8 Å². The molecule has 0 saturated carbocycles. The first-order valence-electron chi connectivity index (χ1n) is 7.47. The highest BCUT2D eigenvalue weighted by molar-refractivity contribution is 7.97. The maximum Gasteiger partial charge on any atom is 0.317 e. The van der Waals surface area contributed by atoms with Crippen molar-refractivity contribution < 1.29 is 13.9 Å². The summed E-state index contributed by atoms with van der Waals surface area (Å²) in [7, 11) is 1.77. The van der Waals surface area contributed by atoms with Gasteiger partial charge in [-0.2, -0.15) is 11.8 Å². The number of rotatable bonds is 6. The third kappa shape index (κ3) is 4.88. The fraction of sp³-hybridized carbons (Fsp3) is 0.562. The van der Waals surface area contributed by atoms with Gasteiger partial charge in [-0.1, -0.05) is 6.07 Å². The van der Waals surface area contributed by atoms with Crippen LogP contribution in [0.4, 0.5) is 9.18 Å². The second-order valence-corrected chi connectivity index (χ2v) is 6.39. The number of nitrogens with zero attached hydrogens (tertiary/aromatic N) is 1. The van der Waals surface area contributed by atoms with Crippen LogP contribution < -0.4 is 5.32 Å². The largest absolute Gasteiger partial charge is 0.376 e. The predicted molar refractivity (Wildman–Crippen MR) is 87.5 cm³/mol. The summed E-state index contributed by atoms with van der Waals surface area (Å²) in [4.78, 5) is 13.8. The van der Waals surface area contributed by atoms with Gasteiger partial charge in [-0.15, -0.1) is 0 Å². The number of hydrogen-bond donors (Lipinski definition) is 1. The number of amides is 2. The Bertz CT molecular complexity index is 507. The molecular formula is C16H23FN2O2S. The first kappa shape index (κ1) is 17.1. The monoisotopic (exact) mass is 326 g/mol. The minimum absolute atomic E-state index is 0.130. The molecule has 6 heteroatoms. The van der Waals surface area contributed by atoms with Gasteiger partial charge in [0.25, 0.3) is 0 Å². The number of likely N-dealkylation sites (N-methyl/N-ethyl adjacent to an activating group) is 1. The molecule has 0 aromatic heterocycles. The molecular weight excluding hydrogens is 303 g/mol. The van der Waals surface area contributed by atoms with Crippen LogP contribution >= 0.6 is 11.8 Å². The molecule has 1 heterocycles. The van der Waals surface area contributed by atoms with Crippen molar-refractivity contribution in [2.75, 3.05) is 26.5 Å². The van der Waals surface area contributed by atoms with Crippen LogP contribution in [-0.4, -0.2) is 43.5 Å². The Labute approximate surface area is 135 Å². The van der Waals surface area contributed by atoms with Crippen molar-refractivity contribution >= 4 is 17.8 Å². The minimum Gasteiger partial charge on any atom is -0.376 e. The molecule has 0 spiro atoms. The first-order valence-corrected chi connectivity index (χ1v) is 8.86. The fourth-order valence-corrected chi connectivity index (χ4v) is 3.12. The Balaban J connectivity index is 1.87. The molecule has 1 aromatic rings. The number of thioether (sulfide) groups is 1. The van der Waals surface area contributed by atoms with E-state index < -0.39 is 0 Å². The third-order valence-electron chi connectivity index (χ3n) is 3.75. The standard InChI is InChI=1S/C16H23FN2O2S/c1-19(10-15-4-3-7-21-15)16(20)18-9-12-5-6-14(17)8-13(12)11-22-2/h5-6,8,15H,3-4,7,9-11H2,1-2H3,(H,18,20)/t15-/m0/s1. The van der Waals surface area contributed by atoms with Crippen LogP contribution in [0.3, 0.4) is 0 Å². The normalized spacial score (nSPS) is 17.5. The van der Waals surface area contributed by atoms with E-state index in [1.165, 1.54) is 12.1 Å². The highest BCUT2D eigenvalue weighted by Crippen LogP contribution is 2.17. The molecule has 2 rings (SSSR count). The molecule has 1 aliphatic heterocycles. The summed E-state index contributed by atoms with van der Waals surface area (Å²) >= 11 is 1.63. The molecule has 2 amide bonds. The lowest BCUT2D eigenvalue weighted by molar-refractivity contribution is 0.0874. The molecule has 122 valence electrons. The van der Waals surface area contributed by atoms with E-state index in [-0.39, 0.29) is 18.0 Å². The summed E-state index contributed by atoms with van der Waals surface area (Å²) in [6.45, 7) is 1.80. The van der Waals surface area contributed by atoms with E-state index in [4.69, 9.17) is 4.74 Å². The molecule has 0 unspecified atom stereocenters. The molecule has 1 aliphatic rings. The van der Waals surface area contributed by atoms with Crippen LogP contribution in [0.1, 0.15) is 24.0 Å². The second-order valence-electron chi connectivity index (χ2n) is 5.52. The average molecular weight is 326 g/mol. The topological polar surface area (TPSA) is 41.6 Å². The zero-order valence-corrected chi connectivity index (χ0v) is 13.9. The molecule has 1 saturated heterocycles. The fourth-order valence-electron chi connectivity index (χ4n) is 2.54. The summed E-state index contributed by atoms with van der Waals surface area (Å²) in [6, 6.07) is 4.58. The number of carbonyl (C=O) groups is 1. The van der Waals surface area contributed by atoms with Gasteiger partial charge in [0, 0.05) is 32.5 Å².